The zero-order valence-corrected chi connectivity index (χ0v) is 11.5. The molecule has 0 bridgehead atoms. The van der Waals surface area contributed by atoms with Crippen molar-refractivity contribution in [1.29, 1.82) is 0 Å². The molecular formula is C15H18N2O2. The number of hydrogen-bond acceptors (Lipinski definition) is 4. The molecule has 0 spiro atoms. The molecule has 4 nitrogen and oxygen atoms in total. The molecule has 0 fully saturated rings. The number of pyridine rings is 1. The van der Waals surface area contributed by atoms with Crippen LogP contribution in [0.15, 0.2) is 18.2 Å². The Balaban J connectivity index is 2.22. The van der Waals surface area contributed by atoms with Gasteiger partial charge >= 0.3 is 0 Å². The Labute approximate surface area is 112 Å². The minimum absolute atomic E-state index is 0.130. The van der Waals surface area contributed by atoms with Crippen LogP contribution in [0, 0.1) is 6.92 Å². The van der Waals surface area contributed by atoms with Crippen molar-refractivity contribution in [3.05, 3.63) is 29.5 Å². The van der Waals surface area contributed by atoms with Crippen LogP contribution in [0.2, 0.25) is 0 Å². The van der Waals surface area contributed by atoms with E-state index >= 15 is 0 Å². The quantitative estimate of drug-likeness (QED) is 0.899. The molecule has 0 aliphatic carbocycles. The second-order valence-electron chi connectivity index (χ2n) is 5.64. The summed E-state index contributed by atoms with van der Waals surface area (Å²) in [4.78, 5) is 4.78. The third kappa shape index (κ3) is 1.92. The molecule has 1 aromatic carbocycles. The fourth-order valence-corrected chi connectivity index (χ4v) is 2.45. The van der Waals surface area contributed by atoms with Gasteiger partial charge in [0, 0.05) is 23.4 Å². The van der Waals surface area contributed by atoms with Gasteiger partial charge in [-0.3, -0.25) is 4.98 Å². The van der Waals surface area contributed by atoms with E-state index < -0.39 is 0 Å². The monoisotopic (exact) mass is 258 g/mol. The lowest BCUT2D eigenvalue weighted by molar-refractivity contribution is 0.174. The fraction of sp³-hybridized carbons (Fsp3) is 0.400. The highest BCUT2D eigenvalue weighted by Gasteiger charge is 2.24. The predicted octanol–water partition coefficient (Wildman–Crippen LogP) is 2.51. The summed E-state index contributed by atoms with van der Waals surface area (Å²) in [5, 5.41) is 1.07. The van der Waals surface area contributed by atoms with Crippen molar-refractivity contribution in [3.8, 4) is 11.5 Å². The Kier molecular flexibility index (Phi) is 2.64. The third-order valence-electron chi connectivity index (χ3n) is 3.65. The second-order valence-corrected chi connectivity index (χ2v) is 5.64. The highest BCUT2D eigenvalue weighted by molar-refractivity contribution is 5.84. The van der Waals surface area contributed by atoms with Crippen molar-refractivity contribution in [2.75, 3.05) is 13.3 Å². The topological polar surface area (TPSA) is 57.4 Å². The first kappa shape index (κ1) is 12.2. The van der Waals surface area contributed by atoms with Crippen LogP contribution < -0.4 is 15.2 Å². The summed E-state index contributed by atoms with van der Waals surface area (Å²) in [7, 11) is 0. The molecule has 3 rings (SSSR count). The molecule has 0 saturated heterocycles. The van der Waals surface area contributed by atoms with Gasteiger partial charge in [0.25, 0.3) is 0 Å². The van der Waals surface area contributed by atoms with Crippen molar-refractivity contribution in [3.63, 3.8) is 0 Å². The molecule has 2 aromatic rings. The van der Waals surface area contributed by atoms with Gasteiger partial charge in [-0.2, -0.15) is 0 Å². The normalized spacial score (nSPS) is 14.1. The fourth-order valence-electron chi connectivity index (χ4n) is 2.45. The SMILES string of the molecule is Cc1cc2cc3c(cc2nc1C(C)(C)CN)OCO3. The van der Waals surface area contributed by atoms with Crippen LogP contribution in [-0.4, -0.2) is 18.3 Å². The Morgan fingerprint density at radius 2 is 1.89 bits per heavy atom. The molecule has 0 atom stereocenters. The number of hydrogen-bond donors (Lipinski definition) is 1. The molecule has 0 amide bonds. The minimum atomic E-state index is -0.130. The Morgan fingerprint density at radius 3 is 2.58 bits per heavy atom. The zero-order chi connectivity index (χ0) is 13.6. The highest BCUT2D eigenvalue weighted by Crippen LogP contribution is 2.37. The van der Waals surface area contributed by atoms with Crippen molar-refractivity contribution in [2.24, 2.45) is 5.73 Å². The molecule has 0 radical (unpaired) electrons. The summed E-state index contributed by atoms with van der Waals surface area (Å²) < 4.78 is 10.8. The first-order chi connectivity index (χ1) is 9.01. The van der Waals surface area contributed by atoms with E-state index in [1.54, 1.807) is 0 Å². The first-order valence-corrected chi connectivity index (χ1v) is 6.43. The standard InChI is InChI=1S/C15H18N2O2/c1-9-4-10-5-12-13(19-8-18-12)6-11(10)17-14(9)15(2,3)7-16/h4-6H,7-8,16H2,1-3H3. The van der Waals surface area contributed by atoms with E-state index in [9.17, 15) is 0 Å². The molecule has 2 heterocycles. The summed E-state index contributed by atoms with van der Waals surface area (Å²) >= 11 is 0. The lowest BCUT2D eigenvalue weighted by Gasteiger charge is -2.24. The lowest BCUT2D eigenvalue weighted by Crippen LogP contribution is -2.30. The van der Waals surface area contributed by atoms with Gasteiger partial charge in [0.2, 0.25) is 6.79 Å². The molecule has 100 valence electrons. The maximum atomic E-state index is 5.86. The average molecular weight is 258 g/mol. The number of nitrogens with zero attached hydrogens (tertiary/aromatic N) is 1. The van der Waals surface area contributed by atoms with Crippen LogP contribution in [0.1, 0.15) is 25.1 Å². The van der Waals surface area contributed by atoms with E-state index in [0.29, 0.717) is 6.54 Å². The van der Waals surface area contributed by atoms with E-state index in [1.165, 1.54) is 0 Å². The Hall–Kier alpha value is -1.81. The number of aromatic nitrogens is 1. The van der Waals surface area contributed by atoms with Crippen molar-refractivity contribution < 1.29 is 9.47 Å². The van der Waals surface area contributed by atoms with E-state index in [0.717, 1.165) is 33.7 Å². The Morgan fingerprint density at radius 1 is 1.21 bits per heavy atom. The summed E-state index contributed by atoms with van der Waals surface area (Å²) in [5.74, 6) is 1.56. The number of fused-ring (bicyclic) bond motifs is 2. The molecule has 0 unspecified atom stereocenters. The molecular weight excluding hydrogens is 240 g/mol. The van der Waals surface area contributed by atoms with Crippen LogP contribution >= 0.6 is 0 Å². The summed E-state index contributed by atoms with van der Waals surface area (Å²) in [5.41, 5.74) is 8.85. The van der Waals surface area contributed by atoms with Gasteiger partial charge in [0.1, 0.15) is 0 Å². The van der Waals surface area contributed by atoms with Crippen LogP contribution in [0.3, 0.4) is 0 Å². The van der Waals surface area contributed by atoms with Crippen LogP contribution in [-0.2, 0) is 5.41 Å². The van der Waals surface area contributed by atoms with Crippen LogP contribution in [0.5, 0.6) is 11.5 Å². The lowest BCUT2D eigenvalue weighted by atomic mass is 9.86. The highest BCUT2D eigenvalue weighted by atomic mass is 16.7. The second kappa shape index (κ2) is 4.10. The maximum absolute atomic E-state index is 5.86. The van der Waals surface area contributed by atoms with Gasteiger partial charge in [0.05, 0.1) is 11.2 Å². The largest absolute Gasteiger partial charge is 0.454 e. The molecule has 2 N–H and O–H groups in total. The molecule has 1 aromatic heterocycles. The summed E-state index contributed by atoms with van der Waals surface area (Å²) in [6.45, 7) is 7.15. The van der Waals surface area contributed by atoms with Gasteiger partial charge in [-0.25, -0.2) is 0 Å². The summed E-state index contributed by atoms with van der Waals surface area (Å²) in [6.07, 6.45) is 0. The van der Waals surface area contributed by atoms with Gasteiger partial charge < -0.3 is 15.2 Å². The first-order valence-electron chi connectivity index (χ1n) is 6.43. The molecule has 0 saturated carbocycles. The summed E-state index contributed by atoms with van der Waals surface area (Å²) in [6, 6.07) is 6.06. The number of nitrogens with two attached hydrogens (primary N) is 1. The van der Waals surface area contributed by atoms with E-state index in [2.05, 4.69) is 26.8 Å². The van der Waals surface area contributed by atoms with Crippen LogP contribution in [0.4, 0.5) is 0 Å². The minimum Gasteiger partial charge on any atom is -0.454 e. The smallest absolute Gasteiger partial charge is 0.231 e. The van der Waals surface area contributed by atoms with Crippen molar-refractivity contribution in [1.82, 2.24) is 4.98 Å². The molecule has 19 heavy (non-hydrogen) atoms. The zero-order valence-electron chi connectivity index (χ0n) is 11.5. The van der Waals surface area contributed by atoms with Crippen LogP contribution in [0.25, 0.3) is 10.9 Å². The maximum Gasteiger partial charge on any atom is 0.231 e. The van der Waals surface area contributed by atoms with Gasteiger partial charge in [-0.05, 0) is 24.6 Å². The van der Waals surface area contributed by atoms with Gasteiger partial charge in [0.15, 0.2) is 11.5 Å². The number of rotatable bonds is 2. The Bertz CT molecular complexity index is 650. The van der Waals surface area contributed by atoms with Gasteiger partial charge in [-0.1, -0.05) is 13.8 Å². The van der Waals surface area contributed by atoms with E-state index in [-0.39, 0.29) is 12.2 Å². The average Bonchev–Trinajstić information content (AvgIpc) is 2.82. The number of aryl methyl sites for hydroxylation is 1. The molecule has 1 aliphatic rings. The molecule has 4 heteroatoms. The van der Waals surface area contributed by atoms with Gasteiger partial charge in [-0.15, -0.1) is 0 Å². The molecule has 1 aliphatic heterocycles. The number of ether oxygens (including phenoxy) is 2. The predicted molar refractivity (Wildman–Crippen MR) is 74.7 cm³/mol. The van der Waals surface area contributed by atoms with E-state index in [1.807, 2.05) is 12.1 Å². The van der Waals surface area contributed by atoms with Crippen molar-refractivity contribution >= 4 is 10.9 Å². The van der Waals surface area contributed by atoms with E-state index in [4.69, 9.17) is 20.2 Å². The number of benzene rings is 1. The third-order valence-corrected chi connectivity index (χ3v) is 3.65. The van der Waals surface area contributed by atoms with Crippen molar-refractivity contribution in [2.45, 2.75) is 26.2 Å².